The van der Waals surface area contributed by atoms with Crippen LogP contribution in [-0.4, -0.2) is 11.7 Å². The van der Waals surface area contributed by atoms with Gasteiger partial charge in [-0.3, -0.25) is 9.59 Å². The van der Waals surface area contributed by atoms with Gasteiger partial charge in [-0.15, -0.1) is 0 Å². The fourth-order valence-corrected chi connectivity index (χ4v) is 3.16. The van der Waals surface area contributed by atoms with E-state index in [2.05, 4.69) is 0 Å². The third-order valence-electron chi connectivity index (χ3n) is 4.35. The highest BCUT2D eigenvalue weighted by Gasteiger charge is 2.35. The molecule has 1 heterocycles. The van der Waals surface area contributed by atoms with Gasteiger partial charge in [0.2, 0.25) is 0 Å². The van der Waals surface area contributed by atoms with Gasteiger partial charge in [0.15, 0.2) is 0 Å². The Hall–Kier alpha value is -2.91. The van der Waals surface area contributed by atoms with Gasteiger partial charge in [-0.1, -0.05) is 60.1 Å². The molecule has 0 spiro atoms. The highest BCUT2D eigenvalue weighted by atomic mass is 35.5. The quantitative estimate of drug-likeness (QED) is 0.642. The van der Waals surface area contributed by atoms with E-state index in [4.69, 9.17) is 11.6 Å². The molecule has 3 nitrogen and oxygen atoms in total. The Morgan fingerprint density at radius 1 is 0.760 bits per heavy atom. The van der Waals surface area contributed by atoms with Crippen molar-refractivity contribution in [2.45, 2.75) is 6.54 Å². The molecule has 1 aliphatic heterocycles. The molecule has 1 amide bonds. The molecule has 4 rings (SSSR count). The third-order valence-corrected chi connectivity index (χ3v) is 4.60. The second kappa shape index (κ2) is 6.19. The van der Waals surface area contributed by atoms with Crippen LogP contribution in [0, 0.1) is 0 Å². The number of para-hydroxylation sites is 1. The summed E-state index contributed by atoms with van der Waals surface area (Å²) in [6.45, 7) is 0.377. The molecular weight excluding hydrogens is 334 g/mol. The molecule has 3 aromatic rings. The lowest BCUT2D eigenvalue weighted by molar-refractivity contribution is -0.114. The molecule has 0 fully saturated rings. The Morgan fingerprint density at radius 2 is 1.36 bits per heavy atom. The van der Waals surface area contributed by atoms with E-state index >= 15 is 0 Å². The van der Waals surface area contributed by atoms with E-state index < -0.39 is 11.7 Å². The summed E-state index contributed by atoms with van der Waals surface area (Å²) in [5, 5.41) is 0.705. The van der Waals surface area contributed by atoms with Crippen molar-refractivity contribution in [3.63, 3.8) is 0 Å². The highest BCUT2D eigenvalue weighted by molar-refractivity contribution is 6.52. The first-order valence-electron chi connectivity index (χ1n) is 7.93. The van der Waals surface area contributed by atoms with Crippen LogP contribution in [0.2, 0.25) is 5.02 Å². The average molecular weight is 348 g/mol. The van der Waals surface area contributed by atoms with Crippen molar-refractivity contribution >= 4 is 29.0 Å². The van der Waals surface area contributed by atoms with Crippen molar-refractivity contribution in [1.29, 1.82) is 0 Å². The van der Waals surface area contributed by atoms with Gasteiger partial charge >= 0.3 is 0 Å². The zero-order valence-electron chi connectivity index (χ0n) is 13.3. The Morgan fingerprint density at radius 3 is 2.04 bits per heavy atom. The van der Waals surface area contributed by atoms with Crippen molar-refractivity contribution < 1.29 is 9.59 Å². The van der Waals surface area contributed by atoms with Crippen molar-refractivity contribution in [2.75, 3.05) is 4.90 Å². The number of benzene rings is 3. The smallest absolute Gasteiger partial charge is 0.299 e. The highest BCUT2D eigenvalue weighted by Crippen LogP contribution is 2.30. The van der Waals surface area contributed by atoms with E-state index in [0.717, 1.165) is 16.7 Å². The molecule has 4 heteroatoms. The van der Waals surface area contributed by atoms with Gasteiger partial charge in [0.05, 0.1) is 17.8 Å². The number of Topliss-reactive ketones (excluding diaryl/α,β-unsaturated/α-hetero) is 1. The summed E-state index contributed by atoms with van der Waals surface area (Å²) in [4.78, 5) is 25.8. The van der Waals surface area contributed by atoms with Crippen LogP contribution < -0.4 is 4.90 Å². The van der Waals surface area contributed by atoms with Crippen LogP contribution in [0.3, 0.4) is 0 Å². The van der Waals surface area contributed by atoms with Crippen molar-refractivity contribution in [3.05, 3.63) is 88.9 Å². The Labute approximate surface area is 150 Å². The van der Waals surface area contributed by atoms with Crippen molar-refractivity contribution in [1.82, 2.24) is 0 Å². The third kappa shape index (κ3) is 2.83. The van der Waals surface area contributed by atoms with E-state index in [0.29, 0.717) is 22.8 Å². The van der Waals surface area contributed by atoms with Crippen LogP contribution in [0.25, 0.3) is 11.1 Å². The number of hydrogen-bond donors (Lipinski definition) is 0. The second-order valence-corrected chi connectivity index (χ2v) is 6.38. The van der Waals surface area contributed by atoms with E-state index in [9.17, 15) is 9.59 Å². The van der Waals surface area contributed by atoms with Gasteiger partial charge in [-0.05, 0) is 41.0 Å². The topological polar surface area (TPSA) is 37.4 Å². The van der Waals surface area contributed by atoms with Crippen LogP contribution in [0.1, 0.15) is 15.9 Å². The number of carbonyl (C=O) groups is 2. The van der Waals surface area contributed by atoms with Gasteiger partial charge in [0.25, 0.3) is 11.7 Å². The first kappa shape index (κ1) is 15.6. The molecule has 0 saturated carbocycles. The van der Waals surface area contributed by atoms with Crippen molar-refractivity contribution in [3.8, 4) is 11.1 Å². The van der Waals surface area contributed by atoms with Gasteiger partial charge in [-0.25, -0.2) is 0 Å². The number of fused-ring (bicyclic) bond motifs is 1. The number of rotatable bonds is 3. The molecule has 25 heavy (non-hydrogen) atoms. The van der Waals surface area contributed by atoms with Crippen LogP contribution in [0.4, 0.5) is 5.69 Å². The molecule has 1 aliphatic rings. The average Bonchev–Trinajstić information content (AvgIpc) is 2.88. The minimum absolute atomic E-state index is 0.377. The lowest BCUT2D eigenvalue weighted by atomic mass is 10.0. The van der Waals surface area contributed by atoms with Gasteiger partial charge in [-0.2, -0.15) is 0 Å². The summed E-state index contributed by atoms with van der Waals surface area (Å²) in [5.41, 5.74) is 4.28. The fourth-order valence-electron chi connectivity index (χ4n) is 3.03. The maximum atomic E-state index is 12.3. The molecule has 0 atom stereocenters. The largest absolute Gasteiger partial charge is 0.300 e. The first-order valence-corrected chi connectivity index (χ1v) is 8.31. The Bertz CT molecular complexity index is 962. The molecule has 0 radical (unpaired) electrons. The van der Waals surface area contributed by atoms with E-state index in [1.54, 1.807) is 18.2 Å². The summed E-state index contributed by atoms with van der Waals surface area (Å²) < 4.78 is 0. The lowest BCUT2D eigenvalue weighted by Crippen LogP contribution is -2.29. The standard InChI is InChI=1S/C21H14ClNO2/c22-17-11-9-16(10-12-17)15-7-5-14(6-8-15)13-23-19-4-2-1-3-18(19)20(24)21(23)25/h1-12H,13H2. The predicted molar refractivity (Wildman–Crippen MR) is 98.9 cm³/mol. The summed E-state index contributed by atoms with van der Waals surface area (Å²) in [6.07, 6.45) is 0. The summed E-state index contributed by atoms with van der Waals surface area (Å²) in [5.74, 6) is -0.906. The summed E-state index contributed by atoms with van der Waals surface area (Å²) in [6, 6.07) is 22.7. The van der Waals surface area contributed by atoms with Crippen LogP contribution in [-0.2, 0) is 11.3 Å². The Balaban J connectivity index is 1.59. The number of halogens is 1. The maximum absolute atomic E-state index is 12.3. The normalized spacial score (nSPS) is 13.2. The van der Waals surface area contributed by atoms with Gasteiger partial charge in [0, 0.05) is 5.02 Å². The molecule has 0 aliphatic carbocycles. The van der Waals surface area contributed by atoms with Gasteiger partial charge in [0.1, 0.15) is 0 Å². The number of carbonyl (C=O) groups excluding carboxylic acids is 2. The second-order valence-electron chi connectivity index (χ2n) is 5.94. The number of amides is 1. The zero-order chi connectivity index (χ0) is 17.4. The molecule has 0 unspecified atom stereocenters. The predicted octanol–water partition coefficient (Wildman–Crippen LogP) is 4.74. The van der Waals surface area contributed by atoms with Crippen LogP contribution in [0.5, 0.6) is 0 Å². The minimum atomic E-state index is -0.469. The number of hydrogen-bond acceptors (Lipinski definition) is 2. The molecule has 0 N–H and O–H groups in total. The number of anilines is 1. The maximum Gasteiger partial charge on any atom is 0.299 e. The lowest BCUT2D eigenvalue weighted by Gasteiger charge is -2.16. The Kier molecular flexibility index (Phi) is 3.86. The molecule has 0 aromatic heterocycles. The fraction of sp³-hybridized carbons (Fsp3) is 0.0476. The van der Waals surface area contributed by atoms with Crippen LogP contribution in [0.15, 0.2) is 72.8 Å². The first-order chi connectivity index (χ1) is 12.1. The van der Waals surface area contributed by atoms with Crippen molar-refractivity contribution in [2.24, 2.45) is 0 Å². The van der Waals surface area contributed by atoms with E-state index in [1.165, 1.54) is 4.90 Å². The minimum Gasteiger partial charge on any atom is -0.300 e. The van der Waals surface area contributed by atoms with E-state index in [-0.39, 0.29) is 0 Å². The molecular formula is C21H14ClNO2. The SMILES string of the molecule is O=C1C(=O)N(Cc2ccc(-c3ccc(Cl)cc3)cc2)c2ccccc21. The number of nitrogens with zero attached hydrogens (tertiary/aromatic N) is 1. The van der Waals surface area contributed by atoms with Crippen LogP contribution >= 0.6 is 11.6 Å². The summed E-state index contributed by atoms with van der Waals surface area (Å²) in [7, 11) is 0. The number of ketones is 1. The molecule has 0 saturated heterocycles. The monoisotopic (exact) mass is 347 g/mol. The van der Waals surface area contributed by atoms with Gasteiger partial charge < -0.3 is 4.90 Å². The zero-order valence-corrected chi connectivity index (χ0v) is 14.0. The molecule has 0 bridgehead atoms. The molecule has 3 aromatic carbocycles. The van der Waals surface area contributed by atoms with E-state index in [1.807, 2.05) is 54.6 Å². The summed E-state index contributed by atoms with van der Waals surface area (Å²) >= 11 is 5.92. The molecule has 122 valence electrons.